The molecule has 1 saturated carbocycles. The Balaban J connectivity index is 2.01. The molecule has 3 rings (SSSR count). The Hall–Kier alpha value is -1.03. The van der Waals surface area contributed by atoms with E-state index in [9.17, 15) is 9.90 Å². The van der Waals surface area contributed by atoms with Gasteiger partial charge in [-0.05, 0) is 59.7 Å². The van der Waals surface area contributed by atoms with E-state index in [1.165, 1.54) is 32.1 Å². The summed E-state index contributed by atoms with van der Waals surface area (Å²) < 4.78 is 0.678. The lowest BCUT2D eigenvalue weighted by molar-refractivity contribution is 0.0696. The Kier molecular flexibility index (Phi) is 3.52. The van der Waals surface area contributed by atoms with Gasteiger partial charge in [-0.2, -0.15) is 0 Å². The first-order valence-corrected chi connectivity index (χ1v) is 7.76. The number of carboxylic acids is 1. The Labute approximate surface area is 121 Å². The Morgan fingerprint density at radius 1 is 1.26 bits per heavy atom. The van der Waals surface area contributed by atoms with Crippen molar-refractivity contribution in [2.75, 3.05) is 11.4 Å². The molecule has 1 aromatic rings. The average molecular weight is 324 g/mol. The molecule has 2 aliphatic rings. The van der Waals surface area contributed by atoms with E-state index >= 15 is 0 Å². The maximum Gasteiger partial charge on any atom is 0.338 e. The Morgan fingerprint density at radius 3 is 2.84 bits per heavy atom. The Morgan fingerprint density at radius 2 is 2.05 bits per heavy atom. The second-order valence-corrected chi connectivity index (χ2v) is 6.39. The zero-order valence-corrected chi connectivity index (χ0v) is 12.4. The molecule has 1 aromatic carbocycles. The van der Waals surface area contributed by atoms with Gasteiger partial charge in [0.15, 0.2) is 0 Å². The minimum Gasteiger partial charge on any atom is -0.478 e. The normalized spacial score (nSPS) is 26.3. The van der Waals surface area contributed by atoms with Crippen molar-refractivity contribution in [3.8, 4) is 0 Å². The fourth-order valence-electron chi connectivity index (χ4n) is 3.72. The molecule has 2 fully saturated rings. The summed E-state index contributed by atoms with van der Waals surface area (Å²) in [7, 11) is 0. The molecule has 1 N–H and O–H groups in total. The van der Waals surface area contributed by atoms with Crippen LogP contribution in [-0.2, 0) is 0 Å². The molecule has 1 aliphatic carbocycles. The largest absolute Gasteiger partial charge is 0.478 e. The van der Waals surface area contributed by atoms with Crippen LogP contribution in [0.25, 0.3) is 0 Å². The van der Waals surface area contributed by atoms with Gasteiger partial charge < -0.3 is 10.0 Å². The third-order valence-corrected chi connectivity index (χ3v) is 5.17. The summed E-state index contributed by atoms with van der Waals surface area (Å²) in [6, 6.07) is 6.24. The summed E-state index contributed by atoms with van der Waals surface area (Å²) in [5.41, 5.74) is 1.30. The van der Waals surface area contributed by atoms with Crippen LogP contribution in [0, 0.1) is 5.92 Å². The van der Waals surface area contributed by atoms with Crippen molar-refractivity contribution in [3.05, 3.63) is 28.2 Å². The second kappa shape index (κ2) is 5.16. The highest BCUT2D eigenvalue weighted by atomic mass is 79.9. The zero-order valence-electron chi connectivity index (χ0n) is 10.8. The zero-order chi connectivity index (χ0) is 13.4. The molecule has 2 atom stereocenters. The lowest BCUT2D eigenvalue weighted by atomic mass is 9.91. The third kappa shape index (κ3) is 2.27. The highest BCUT2D eigenvalue weighted by Crippen LogP contribution is 2.41. The number of nitrogens with zero attached hydrogens (tertiary/aromatic N) is 1. The van der Waals surface area contributed by atoms with E-state index in [4.69, 9.17) is 0 Å². The van der Waals surface area contributed by atoms with Gasteiger partial charge in [0.2, 0.25) is 0 Å². The van der Waals surface area contributed by atoms with Crippen LogP contribution in [0.2, 0.25) is 0 Å². The number of hydrogen-bond acceptors (Lipinski definition) is 2. The van der Waals surface area contributed by atoms with Crippen molar-refractivity contribution in [2.45, 2.75) is 38.1 Å². The van der Waals surface area contributed by atoms with Gasteiger partial charge in [0.05, 0.1) is 11.3 Å². The monoisotopic (exact) mass is 323 g/mol. The molecule has 4 heteroatoms. The van der Waals surface area contributed by atoms with Crippen molar-refractivity contribution < 1.29 is 9.90 Å². The van der Waals surface area contributed by atoms with Crippen molar-refractivity contribution in [1.82, 2.24) is 0 Å². The molecule has 102 valence electrons. The molecule has 0 radical (unpaired) electrons. The summed E-state index contributed by atoms with van der Waals surface area (Å²) >= 11 is 3.38. The molecule has 1 heterocycles. The highest BCUT2D eigenvalue weighted by Gasteiger charge is 2.36. The predicted molar refractivity (Wildman–Crippen MR) is 78.8 cm³/mol. The van der Waals surface area contributed by atoms with Gasteiger partial charge in [-0.3, -0.25) is 0 Å². The topological polar surface area (TPSA) is 40.5 Å². The van der Waals surface area contributed by atoms with Crippen LogP contribution >= 0.6 is 15.9 Å². The molecule has 1 aliphatic heterocycles. The van der Waals surface area contributed by atoms with Crippen LogP contribution in [0.1, 0.15) is 42.5 Å². The summed E-state index contributed by atoms with van der Waals surface area (Å²) in [5.74, 6) is -0.0861. The van der Waals surface area contributed by atoms with E-state index < -0.39 is 5.97 Å². The maximum absolute atomic E-state index is 11.5. The highest BCUT2D eigenvalue weighted by molar-refractivity contribution is 9.10. The van der Waals surface area contributed by atoms with Crippen LogP contribution in [-0.4, -0.2) is 23.7 Å². The lowest BCUT2D eigenvalue weighted by Crippen LogP contribution is -2.43. The summed E-state index contributed by atoms with van der Waals surface area (Å²) in [5, 5.41) is 9.46. The number of hydrogen-bond donors (Lipinski definition) is 1. The van der Waals surface area contributed by atoms with E-state index in [0.29, 0.717) is 16.1 Å². The summed E-state index contributed by atoms with van der Waals surface area (Å²) in [6.45, 7) is 0.984. The molecule has 2 unspecified atom stereocenters. The minimum absolute atomic E-state index is 0.412. The van der Waals surface area contributed by atoms with Gasteiger partial charge in [0.25, 0.3) is 0 Å². The van der Waals surface area contributed by atoms with Gasteiger partial charge in [-0.25, -0.2) is 4.79 Å². The first-order valence-electron chi connectivity index (χ1n) is 6.97. The molecule has 1 saturated heterocycles. The Bertz CT molecular complexity index is 503. The smallest absolute Gasteiger partial charge is 0.338 e. The first-order chi connectivity index (χ1) is 9.18. The number of carbonyl (C=O) groups is 1. The van der Waals surface area contributed by atoms with Crippen LogP contribution in [0.3, 0.4) is 0 Å². The van der Waals surface area contributed by atoms with Gasteiger partial charge >= 0.3 is 5.97 Å². The molecule has 3 nitrogen and oxygen atoms in total. The van der Waals surface area contributed by atoms with Gasteiger partial charge in [-0.15, -0.1) is 0 Å². The lowest BCUT2D eigenvalue weighted by Gasteiger charge is -2.40. The van der Waals surface area contributed by atoms with Gasteiger partial charge in [-0.1, -0.05) is 12.5 Å². The van der Waals surface area contributed by atoms with E-state index in [1.54, 1.807) is 0 Å². The molecule has 0 bridgehead atoms. The van der Waals surface area contributed by atoms with E-state index in [2.05, 4.69) is 20.8 Å². The van der Waals surface area contributed by atoms with Crippen LogP contribution < -0.4 is 4.90 Å². The number of piperidine rings is 1. The molecule has 0 aromatic heterocycles. The number of aromatic carboxylic acids is 1. The van der Waals surface area contributed by atoms with E-state index in [1.807, 2.05) is 18.2 Å². The van der Waals surface area contributed by atoms with Crippen LogP contribution in [0.5, 0.6) is 0 Å². The summed E-state index contributed by atoms with van der Waals surface area (Å²) in [4.78, 5) is 13.9. The van der Waals surface area contributed by atoms with Gasteiger partial charge in [0.1, 0.15) is 0 Å². The SMILES string of the molecule is O=C(O)c1c(Br)cccc1N1CCCC2CCCC21. The van der Waals surface area contributed by atoms with Crippen molar-refractivity contribution in [3.63, 3.8) is 0 Å². The van der Waals surface area contributed by atoms with Crippen molar-refractivity contribution in [2.24, 2.45) is 5.92 Å². The number of rotatable bonds is 2. The number of anilines is 1. The minimum atomic E-state index is -0.845. The van der Waals surface area contributed by atoms with Crippen molar-refractivity contribution in [1.29, 1.82) is 0 Å². The second-order valence-electron chi connectivity index (χ2n) is 5.53. The van der Waals surface area contributed by atoms with E-state index in [0.717, 1.165) is 18.2 Å². The molecule has 0 amide bonds. The van der Waals surface area contributed by atoms with Crippen LogP contribution in [0.4, 0.5) is 5.69 Å². The fourth-order valence-corrected chi connectivity index (χ4v) is 4.24. The number of carboxylic acid groups (broad SMARTS) is 1. The van der Waals surface area contributed by atoms with E-state index in [-0.39, 0.29) is 0 Å². The number of benzene rings is 1. The predicted octanol–water partition coefficient (Wildman–Crippen LogP) is 3.92. The van der Waals surface area contributed by atoms with Crippen LogP contribution in [0.15, 0.2) is 22.7 Å². The van der Waals surface area contributed by atoms with Gasteiger partial charge in [0, 0.05) is 17.1 Å². The number of halogens is 1. The number of fused-ring (bicyclic) bond motifs is 1. The molecular formula is C15H18BrNO2. The average Bonchev–Trinajstić information content (AvgIpc) is 2.85. The maximum atomic E-state index is 11.5. The third-order valence-electron chi connectivity index (χ3n) is 4.51. The molecule has 19 heavy (non-hydrogen) atoms. The fraction of sp³-hybridized carbons (Fsp3) is 0.533. The molecular weight excluding hydrogens is 306 g/mol. The summed E-state index contributed by atoms with van der Waals surface area (Å²) in [6.07, 6.45) is 6.26. The standard InChI is InChI=1S/C15H18BrNO2/c16-11-6-2-8-13(14(11)15(18)19)17-9-3-5-10-4-1-7-12(10)17/h2,6,8,10,12H,1,3-5,7,9H2,(H,18,19). The molecule has 0 spiro atoms. The first kappa shape index (κ1) is 13.0. The quantitative estimate of drug-likeness (QED) is 0.896. The van der Waals surface area contributed by atoms with Crippen molar-refractivity contribution >= 4 is 27.6 Å².